The van der Waals surface area contributed by atoms with Gasteiger partial charge in [-0.3, -0.25) is 0 Å². The van der Waals surface area contributed by atoms with Crippen LogP contribution in [0.5, 0.6) is 0 Å². The number of allylic oxidation sites excluding steroid dienone is 2. The lowest BCUT2D eigenvalue weighted by atomic mass is 10.4. The summed E-state index contributed by atoms with van der Waals surface area (Å²) in [5, 5.41) is 0. The van der Waals surface area contributed by atoms with E-state index < -0.39 is 10.0 Å². The van der Waals surface area contributed by atoms with E-state index in [-0.39, 0.29) is 5.75 Å². The van der Waals surface area contributed by atoms with Gasteiger partial charge in [0.25, 0.3) is 0 Å². The maximum absolute atomic E-state index is 11.0. The Kier molecular flexibility index (Phi) is 5.15. The van der Waals surface area contributed by atoms with Crippen LogP contribution in [0.25, 0.3) is 0 Å². The van der Waals surface area contributed by atoms with Crippen LogP contribution in [0.4, 0.5) is 0 Å². The fourth-order valence-corrected chi connectivity index (χ4v) is 1.71. The minimum absolute atomic E-state index is 0.186. The summed E-state index contributed by atoms with van der Waals surface area (Å²) >= 11 is 0. The molecule has 0 heterocycles. The Hall–Kier alpha value is -0.350. The normalized spacial score (nSPS) is 12.5. The van der Waals surface area contributed by atoms with E-state index in [0.29, 0.717) is 13.0 Å². The van der Waals surface area contributed by atoms with E-state index in [9.17, 15) is 8.42 Å². The summed E-state index contributed by atoms with van der Waals surface area (Å²) in [6.07, 6.45) is 4.28. The Morgan fingerprint density at radius 3 is 2.55 bits per heavy atom. The lowest BCUT2D eigenvalue weighted by Crippen LogP contribution is -2.25. The van der Waals surface area contributed by atoms with Gasteiger partial charge in [-0.25, -0.2) is 13.1 Å². The minimum Gasteiger partial charge on any atom is -0.216 e. The van der Waals surface area contributed by atoms with Crippen molar-refractivity contribution in [1.29, 1.82) is 0 Å². The third kappa shape index (κ3) is 6.06. The van der Waals surface area contributed by atoms with Gasteiger partial charge in [0.05, 0.1) is 5.75 Å². The largest absolute Gasteiger partial charge is 0.216 e. The van der Waals surface area contributed by atoms with E-state index >= 15 is 0 Å². The first-order chi connectivity index (χ1) is 5.12. The molecular weight excluding hydrogens is 162 g/mol. The number of rotatable bonds is 5. The van der Waals surface area contributed by atoms with Crippen LogP contribution in [-0.4, -0.2) is 20.7 Å². The van der Waals surface area contributed by atoms with Crippen molar-refractivity contribution >= 4 is 10.0 Å². The van der Waals surface area contributed by atoms with Crippen LogP contribution in [0.15, 0.2) is 12.2 Å². The fraction of sp³-hybridized carbons (Fsp3) is 0.714. The highest BCUT2D eigenvalue weighted by Crippen LogP contribution is 1.90. The molecule has 0 bridgehead atoms. The van der Waals surface area contributed by atoms with Gasteiger partial charge >= 0.3 is 0 Å². The molecule has 0 aliphatic heterocycles. The molecule has 1 N–H and O–H groups in total. The van der Waals surface area contributed by atoms with Gasteiger partial charge in [0.1, 0.15) is 0 Å². The van der Waals surface area contributed by atoms with Crippen LogP contribution >= 0.6 is 0 Å². The maximum atomic E-state index is 11.0. The Balaban J connectivity index is 3.74. The standard InChI is InChI=1S/C7H15NO2S/c1-3-5-6-7-11(9,10)8-4-2/h3,5,8H,4,6-7H2,1-2H3. The van der Waals surface area contributed by atoms with E-state index in [4.69, 9.17) is 0 Å². The molecule has 0 saturated carbocycles. The molecule has 66 valence electrons. The van der Waals surface area contributed by atoms with E-state index in [1.165, 1.54) is 0 Å². The molecule has 0 saturated heterocycles. The Morgan fingerprint density at radius 1 is 1.45 bits per heavy atom. The quantitative estimate of drug-likeness (QED) is 0.634. The average Bonchev–Trinajstić information content (AvgIpc) is 1.87. The summed E-state index contributed by atoms with van der Waals surface area (Å²) in [6.45, 7) is 4.12. The van der Waals surface area contributed by atoms with Gasteiger partial charge in [0.2, 0.25) is 10.0 Å². The Labute approximate surface area is 68.5 Å². The van der Waals surface area contributed by atoms with Crippen LogP contribution < -0.4 is 4.72 Å². The summed E-state index contributed by atoms with van der Waals surface area (Å²) in [5.41, 5.74) is 0. The second-order valence-corrected chi connectivity index (χ2v) is 4.10. The monoisotopic (exact) mass is 177 g/mol. The smallest absolute Gasteiger partial charge is 0.211 e. The summed E-state index contributed by atoms with van der Waals surface area (Å²) in [5.74, 6) is 0.186. The van der Waals surface area contributed by atoms with Crippen molar-refractivity contribution in [3.8, 4) is 0 Å². The predicted molar refractivity (Wildman–Crippen MR) is 46.9 cm³/mol. The molecule has 3 nitrogen and oxygen atoms in total. The lowest BCUT2D eigenvalue weighted by Gasteiger charge is -2.00. The number of hydrogen-bond donors (Lipinski definition) is 1. The zero-order valence-corrected chi connectivity index (χ0v) is 7.82. The second-order valence-electron chi connectivity index (χ2n) is 2.17. The van der Waals surface area contributed by atoms with Crippen molar-refractivity contribution in [3.05, 3.63) is 12.2 Å². The minimum atomic E-state index is -3.01. The first kappa shape index (κ1) is 10.7. The zero-order valence-electron chi connectivity index (χ0n) is 7.00. The van der Waals surface area contributed by atoms with Gasteiger partial charge in [-0.15, -0.1) is 0 Å². The van der Waals surface area contributed by atoms with E-state index in [0.717, 1.165) is 0 Å². The van der Waals surface area contributed by atoms with Crippen LogP contribution in [-0.2, 0) is 10.0 Å². The summed E-state index contributed by atoms with van der Waals surface area (Å²) in [7, 11) is -3.01. The second kappa shape index (κ2) is 5.32. The molecule has 0 aliphatic carbocycles. The molecule has 0 spiro atoms. The summed E-state index contributed by atoms with van der Waals surface area (Å²) in [4.78, 5) is 0. The summed E-state index contributed by atoms with van der Waals surface area (Å²) < 4.78 is 24.3. The molecule has 0 rings (SSSR count). The van der Waals surface area contributed by atoms with Gasteiger partial charge in [-0.05, 0) is 13.3 Å². The van der Waals surface area contributed by atoms with Crippen LogP contribution in [0.3, 0.4) is 0 Å². The van der Waals surface area contributed by atoms with Crippen molar-refractivity contribution < 1.29 is 8.42 Å². The maximum Gasteiger partial charge on any atom is 0.211 e. The third-order valence-corrected chi connectivity index (χ3v) is 2.65. The summed E-state index contributed by atoms with van der Waals surface area (Å²) in [6, 6.07) is 0. The number of sulfonamides is 1. The molecule has 0 aliphatic rings. The van der Waals surface area contributed by atoms with Crippen LogP contribution in [0.1, 0.15) is 20.3 Å². The lowest BCUT2D eigenvalue weighted by molar-refractivity contribution is 0.583. The number of nitrogens with one attached hydrogen (secondary N) is 1. The van der Waals surface area contributed by atoms with Crippen LogP contribution in [0, 0.1) is 0 Å². The first-order valence-corrected chi connectivity index (χ1v) is 5.36. The highest BCUT2D eigenvalue weighted by molar-refractivity contribution is 7.89. The van der Waals surface area contributed by atoms with E-state index in [1.807, 2.05) is 19.1 Å². The first-order valence-electron chi connectivity index (χ1n) is 3.71. The third-order valence-electron chi connectivity index (χ3n) is 1.15. The van der Waals surface area contributed by atoms with Gasteiger partial charge in [0.15, 0.2) is 0 Å². The zero-order chi connectivity index (χ0) is 8.74. The van der Waals surface area contributed by atoms with Gasteiger partial charge in [0, 0.05) is 6.54 Å². The molecule has 11 heavy (non-hydrogen) atoms. The topological polar surface area (TPSA) is 46.2 Å². The molecule has 0 radical (unpaired) electrons. The highest BCUT2D eigenvalue weighted by Gasteiger charge is 2.04. The van der Waals surface area contributed by atoms with E-state index in [1.54, 1.807) is 6.92 Å². The Bertz CT molecular complexity index is 206. The SMILES string of the molecule is CC=CCCS(=O)(=O)NCC. The highest BCUT2D eigenvalue weighted by atomic mass is 32.2. The molecule has 0 aromatic rings. The molecule has 0 atom stereocenters. The molecular formula is C7H15NO2S. The molecule has 0 amide bonds. The van der Waals surface area contributed by atoms with E-state index in [2.05, 4.69) is 4.72 Å². The molecule has 0 aromatic heterocycles. The number of hydrogen-bond acceptors (Lipinski definition) is 2. The van der Waals surface area contributed by atoms with Crippen molar-refractivity contribution in [2.45, 2.75) is 20.3 Å². The van der Waals surface area contributed by atoms with Gasteiger partial charge < -0.3 is 0 Å². The molecule has 0 fully saturated rings. The van der Waals surface area contributed by atoms with Crippen molar-refractivity contribution in [1.82, 2.24) is 4.72 Å². The van der Waals surface area contributed by atoms with Crippen molar-refractivity contribution in [2.24, 2.45) is 0 Å². The molecule has 0 unspecified atom stereocenters. The van der Waals surface area contributed by atoms with Crippen LogP contribution in [0.2, 0.25) is 0 Å². The van der Waals surface area contributed by atoms with Crippen molar-refractivity contribution in [3.63, 3.8) is 0 Å². The van der Waals surface area contributed by atoms with Gasteiger partial charge in [-0.2, -0.15) is 0 Å². The average molecular weight is 177 g/mol. The van der Waals surface area contributed by atoms with Crippen molar-refractivity contribution in [2.75, 3.05) is 12.3 Å². The molecule has 0 aromatic carbocycles. The predicted octanol–water partition coefficient (Wildman–Crippen LogP) is 0.892. The molecule has 4 heteroatoms. The Morgan fingerprint density at radius 2 is 2.09 bits per heavy atom. The fourth-order valence-electron chi connectivity index (χ4n) is 0.682. The van der Waals surface area contributed by atoms with Gasteiger partial charge in [-0.1, -0.05) is 19.1 Å².